The van der Waals surface area contributed by atoms with Crippen LogP contribution < -0.4 is 0 Å². The molecule has 1 heterocycles. The largest absolute Gasteiger partial charge is 0.477 e. The summed E-state index contributed by atoms with van der Waals surface area (Å²) in [4.78, 5) is 16.0. The molecule has 0 amide bonds. The van der Waals surface area contributed by atoms with Crippen molar-refractivity contribution in [1.82, 2.24) is 4.98 Å². The van der Waals surface area contributed by atoms with Gasteiger partial charge in [-0.2, -0.15) is 0 Å². The van der Waals surface area contributed by atoms with E-state index in [9.17, 15) is 9.90 Å². The molecule has 2 N–H and O–H groups in total. The van der Waals surface area contributed by atoms with Gasteiger partial charge in [0.2, 0.25) is 0 Å². The summed E-state index contributed by atoms with van der Waals surface area (Å²) in [6.45, 7) is 1.94. The first-order valence-corrected chi connectivity index (χ1v) is 8.02. The molecule has 0 unspecified atom stereocenters. The molecule has 0 fully saturated rings. The Hall–Kier alpha value is -1.62. The predicted octanol–water partition coefficient (Wildman–Crippen LogP) is 5.63. The fourth-order valence-electron chi connectivity index (χ4n) is 2.25. The molecule has 3 aromatic rings. The molecule has 1 aromatic heterocycles. The zero-order valence-electron chi connectivity index (χ0n) is 11.5. The quantitative estimate of drug-likeness (QED) is 0.642. The lowest BCUT2D eigenvalue weighted by Gasteiger charge is -2.04. The Morgan fingerprint density at radius 1 is 1.18 bits per heavy atom. The van der Waals surface area contributed by atoms with Crippen molar-refractivity contribution in [3.8, 4) is 0 Å². The second kappa shape index (κ2) is 5.88. The van der Waals surface area contributed by atoms with Gasteiger partial charge in [-0.15, -0.1) is 0 Å². The number of rotatable bonds is 3. The fourth-order valence-corrected chi connectivity index (χ4v) is 3.69. The second-order valence-corrected chi connectivity index (χ2v) is 6.71. The predicted molar refractivity (Wildman–Crippen MR) is 90.6 cm³/mol. The standard InChI is InChI=1S/C16H11Cl2NO2S/c1-8-3-2-4-10-13(8)19-14(16(20)21)15(10)22-9-5-6-11(17)12(18)7-9/h2-7,19H,1H3,(H,20,21). The molecule has 0 saturated carbocycles. The third kappa shape index (κ3) is 2.70. The minimum atomic E-state index is -0.988. The molecule has 112 valence electrons. The van der Waals surface area contributed by atoms with Crippen molar-refractivity contribution >= 4 is 51.8 Å². The molecule has 2 aromatic carbocycles. The van der Waals surface area contributed by atoms with Crippen LogP contribution in [0, 0.1) is 6.92 Å². The third-order valence-corrected chi connectivity index (χ3v) is 5.18. The van der Waals surface area contributed by atoms with Crippen LogP contribution in [0.25, 0.3) is 10.9 Å². The number of aromatic nitrogens is 1. The lowest BCUT2D eigenvalue weighted by Crippen LogP contribution is -1.98. The SMILES string of the molecule is Cc1cccc2c(Sc3ccc(Cl)c(Cl)c3)c(C(=O)O)[nH]c12. The zero-order chi connectivity index (χ0) is 15.9. The molecule has 0 radical (unpaired) electrons. The van der Waals surface area contributed by atoms with E-state index in [4.69, 9.17) is 23.2 Å². The van der Waals surface area contributed by atoms with Crippen molar-refractivity contribution in [3.05, 3.63) is 57.7 Å². The van der Waals surface area contributed by atoms with Crippen LogP contribution in [0.3, 0.4) is 0 Å². The van der Waals surface area contributed by atoms with E-state index in [0.717, 1.165) is 21.4 Å². The molecule has 3 rings (SSSR count). The van der Waals surface area contributed by atoms with Gasteiger partial charge in [0, 0.05) is 10.3 Å². The van der Waals surface area contributed by atoms with Crippen molar-refractivity contribution in [2.75, 3.05) is 0 Å². The van der Waals surface area contributed by atoms with E-state index in [0.29, 0.717) is 14.9 Å². The summed E-state index contributed by atoms with van der Waals surface area (Å²) in [5.74, 6) is -0.988. The summed E-state index contributed by atoms with van der Waals surface area (Å²) >= 11 is 13.3. The van der Waals surface area contributed by atoms with E-state index in [1.165, 1.54) is 11.8 Å². The van der Waals surface area contributed by atoms with Crippen LogP contribution in [-0.4, -0.2) is 16.1 Å². The van der Waals surface area contributed by atoms with Crippen molar-refractivity contribution < 1.29 is 9.90 Å². The summed E-state index contributed by atoms with van der Waals surface area (Å²) in [5.41, 5.74) is 2.02. The first kappa shape index (κ1) is 15.3. The number of aryl methyl sites for hydroxylation is 1. The van der Waals surface area contributed by atoms with E-state index >= 15 is 0 Å². The summed E-state index contributed by atoms with van der Waals surface area (Å²) in [7, 11) is 0. The highest BCUT2D eigenvalue weighted by atomic mass is 35.5. The van der Waals surface area contributed by atoms with Gasteiger partial charge < -0.3 is 10.1 Å². The minimum Gasteiger partial charge on any atom is -0.477 e. The minimum absolute atomic E-state index is 0.181. The number of fused-ring (bicyclic) bond motifs is 1. The molecule has 0 saturated heterocycles. The first-order valence-electron chi connectivity index (χ1n) is 6.45. The highest BCUT2D eigenvalue weighted by Gasteiger charge is 2.19. The molecule has 22 heavy (non-hydrogen) atoms. The number of carboxylic acids is 1. The lowest BCUT2D eigenvalue weighted by atomic mass is 10.2. The molecule has 6 heteroatoms. The Labute approximate surface area is 141 Å². The van der Waals surface area contributed by atoms with Gasteiger partial charge in [-0.1, -0.05) is 53.2 Å². The zero-order valence-corrected chi connectivity index (χ0v) is 13.8. The Morgan fingerprint density at radius 3 is 2.64 bits per heavy atom. The highest BCUT2D eigenvalue weighted by Crippen LogP contribution is 2.39. The molecule has 0 aliphatic carbocycles. The van der Waals surface area contributed by atoms with Crippen LogP contribution in [0.4, 0.5) is 0 Å². The summed E-state index contributed by atoms with van der Waals surface area (Å²) < 4.78 is 0. The lowest BCUT2D eigenvalue weighted by molar-refractivity contribution is 0.0688. The summed E-state index contributed by atoms with van der Waals surface area (Å²) in [6.07, 6.45) is 0. The third-order valence-electron chi connectivity index (χ3n) is 3.32. The van der Waals surface area contributed by atoms with E-state index in [1.54, 1.807) is 12.1 Å². The van der Waals surface area contributed by atoms with Crippen molar-refractivity contribution in [2.24, 2.45) is 0 Å². The normalized spacial score (nSPS) is 11.0. The number of H-pyrrole nitrogens is 1. The molecule has 0 aliphatic heterocycles. The smallest absolute Gasteiger partial charge is 0.353 e. The van der Waals surface area contributed by atoms with Gasteiger partial charge in [-0.25, -0.2) is 4.79 Å². The number of carbonyl (C=O) groups is 1. The maximum atomic E-state index is 11.5. The van der Waals surface area contributed by atoms with E-state index < -0.39 is 5.97 Å². The molecule has 3 nitrogen and oxygen atoms in total. The van der Waals surface area contributed by atoms with Crippen LogP contribution >= 0.6 is 35.0 Å². The van der Waals surface area contributed by atoms with Gasteiger partial charge in [0.05, 0.1) is 20.5 Å². The summed E-state index contributed by atoms with van der Waals surface area (Å²) in [6, 6.07) is 11.0. The average molecular weight is 352 g/mol. The maximum Gasteiger partial charge on any atom is 0.353 e. The van der Waals surface area contributed by atoms with Crippen LogP contribution in [0.2, 0.25) is 10.0 Å². The highest BCUT2D eigenvalue weighted by molar-refractivity contribution is 7.99. The fraction of sp³-hybridized carbons (Fsp3) is 0.0625. The number of aromatic carboxylic acids is 1. The number of carboxylic acid groups (broad SMARTS) is 1. The molecule has 0 aliphatic rings. The van der Waals surface area contributed by atoms with Crippen molar-refractivity contribution in [3.63, 3.8) is 0 Å². The number of nitrogens with one attached hydrogen (secondary N) is 1. The molecular weight excluding hydrogens is 341 g/mol. The van der Waals surface area contributed by atoms with Gasteiger partial charge >= 0.3 is 5.97 Å². The van der Waals surface area contributed by atoms with Gasteiger partial charge in [-0.3, -0.25) is 0 Å². The van der Waals surface area contributed by atoms with E-state index in [-0.39, 0.29) is 5.69 Å². The first-order chi connectivity index (χ1) is 10.5. The second-order valence-electron chi connectivity index (χ2n) is 4.81. The Morgan fingerprint density at radius 2 is 1.95 bits per heavy atom. The van der Waals surface area contributed by atoms with Crippen molar-refractivity contribution in [2.45, 2.75) is 16.7 Å². The van der Waals surface area contributed by atoms with Crippen LogP contribution in [0.5, 0.6) is 0 Å². The number of aromatic amines is 1. The van der Waals surface area contributed by atoms with E-state index in [1.807, 2.05) is 31.2 Å². The average Bonchev–Trinajstić information content (AvgIpc) is 2.84. The topological polar surface area (TPSA) is 53.1 Å². The molecule has 0 bridgehead atoms. The van der Waals surface area contributed by atoms with Gasteiger partial charge in [0.15, 0.2) is 0 Å². The molecule has 0 spiro atoms. The molecule has 0 atom stereocenters. The number of benzene rings is 2. The number of para-hydroxylation sites is 1. The molecular formula is C16H11Cl2NO2S. The Bertz CT molecular complexity index is 889. The summed E-state index contributed by atoms with van der Waals surface area (Å²) in [5, 5.41) is 11.2. The Kier molecular flexibility index (Phi) is 4.08. The maximum absolute atomic E-state index is 11.5. The van der Waals surface area contributed by atoms with E-state index in [2.05, 4.69) is 4.98 Å². The van der Waals surface area contributed by atoms with Gasteiger partial charge in [0.1, 0.15) is 5.69 Å². The van der Waals surface area contributed by atoms with Crippen molar-refractivity contribution in [1.29, 1.82) is 0 Å². The van der Waals surface area contributed by atoms with Gasteiger partial charge in [0.25, 0.3) is 0 Å². The van der Waals surface area contributed by atoms with Crippen LogP contribution in [0.1, 0.15) is 16.1 Å². The number of hydrogen-bond acceptors (Lipinski definition) is 2. The Balaban J connectivity index is 2.16. The van der Waals surface area contributed by atoms with Crippen LogP contribution in [0.15, 0.2) is 46.2 Å². The van der Waals surface area contributed by atoms with Gasteiger partial charge in [-0.05, 0) is 30.7 Å². The number of halogens is 2. The number of hydrogen-bond donors (Lipinski definition) is 2. The monoisotopic (exact) mass is 351 g/mol. The van der Waals surface area contributed by atoms with Crippen LogP contribution in [-0.2, 0) is 0 Å².